The quantitative estimate of drug-likeness (QED) is 0.630. The number of phenols is 1. The number of carbonyl (C=O) groups is 3. The topological polar surface area (TPSA) is 113 Å². The van der Waals surface area contributed by atoms with Gasteiger partial charge in [-0.1, -0.05) is 12.1 Å². The molecule has 0 unspecified atom stereocenters. The average molecular weight is 295 g/mol. The van der Waals surface area contributed by atoms with Crippen molar-refractivity contribution in [3.63, 3.8) is 0 Å². The van der Waals surface area contributed by atoms with Crippen molar-refractivity contribution in [3.05, 3.63) is 29.8 Å². The minimum absolute atomic E-state index is 0.0116. The van der Waals surface area contributed by atoms with Gasteiger partial charge in [-0.15, -0.1) is 0 Å². The molecule has 3 N–H and O–H groups in total. The maximum atomic E-state index is 11.8. The Hall–Kier alpha value is -2.57. The fourth-order valence-corrected chi connectivity index (χ4v) is 1.67. The molecular formula is C14H17NO6. The Balaban J connectivity index is 2.54. The number of amides is 1. The molecule has 1 atom stereocenters. The molecule has 0 radical (unpaired) electrons. The molecule has 0 fully saturated rings. The van der Waals surface area contributed by atoms with Crippen LogP contribution in [0.25, 0.3) is 0 Å². The van der Waals surface area contributed by atoms with E-state index in [1.54, 1.807) is 12.1 Å². The first kappa shape index (κ1) is 16.5. The van der Waals surface area contributed by atoms with Crippen molar-refractivity contribution in [1.29, 1.82) is 0 Å². The van der Waals surface area contributed by atoms with Gasteiger partial charge in [0.25, 0.3) is 0 Å². The number of esters is 1. The van der Waals surface area contributed by atoms with Crippen LogP contribution in [0.1, 0.15) is 18.4 Å². The number of aliphatic carboxylic acids is 1. The van der Waals surface area contributed by atoms with Crippen molar-refractivity contribution in [2.45, 2.75) is 25.3 Å². The van der Waals surface area contributed by atoms with Gasteiger partial charge >= 0.3 is 11.9 Å². The van der Waals surface area contributed by atoms with Gasteiger partial charge in [-0.3, -0.25) is 9.59 Å². The van der Waals surface area contributed by atoms with E-state index in [-0.39, 0.29) is 25.0 Å². The van der Waals surface area contributed by atoms with Crippen LogP contribution in [0.2, 0.25) is 0 Å². The van der Waals surface area contributed by atoms with E-state index in [0.717, 1.165) is 0 Å². The van der Waals surface area contributed by atoms with Crippen molar-refractivity contribution in [1.82, 2.24) is 5.32 Å². The summed E-state index contributed by atoms with van der Waals surface area (Å²) in [7, 11) is 1.21. The zero-order chi connectivity index (χ0) is 15.8. The van der Waals surface area contributed by atoms with Gasteiger partial charge in [0, 0.05) is 6.42 Å². The van der Waals surface area contributed by atoms with Crippen LogP contribution in [0.4, 0.5) is 0 Å². The normalized spacial score (nSPS) is 11.5. The Bertz CT molecular complexity index is 511. The highest BCUT2D eigenvalue weighted by atomic mass is 16.5. The minimum atomic E-state index is -1.21. The first-order chi connectivity index (χ1) is 9.92. The number of nitrogens with one attached hydrogen (secondary N) is 1. The number of carbonyl (C=O) groups excluding carboxylic acids is 2. The second-order valence-electron chi connectivity index (χ2n) is 4.42. The number of phenolic OH excluding ortho intramolecular Hbond substituents is 1. The molecule has 7 heteroatoms. The maximum Gasteiger partial charge on any atom is 0.326 e. The lowest BCUT2D eigenvalue weighted by atomic mass is 10.1. The molecule has 0 saturated carbocycles. The molecule has 1 rings (SSSR count). The Morgan fingerprint density at radius 2 is 1.86 bits per heavy atom. The number of ether oxygens (including phenoxy) is 1. The number of carboxylic acid groups (broad SMARTS) is 1. The van der Waals surface area contributed by atoms with Crippen LogP contribution in [0, 0.1) is 0 Å². The number of hydrogen-bond donors (Lipinski definition) is 3. The molecule has 1 aromatic carbocycles. The summed E-state index contributed by atoms with van der Waals surface area (Å²) >= 11 is 0. The predicted molar refractivity (Wildman–Crippen MR) is 72.6 cm³/mol. The Labute approximate surface area is 121 Å². The zero-order valence-electron chi connectivity index (χ0n) is 11.5. The van der Waals surface area contributed by atoms with Crippen molar-refractivity contribution in [3.8, 4) is 5.75 Å². The largest absolute Gasteiger partial charge is 0.508 e. The zero-order valence-corrected chi connectivity index (χ0v) is 11.5. The molecule has 0 spiro atoms. The van der Waals surface area contributed by atoms with Crippen LogP contribution in [0.15, 0.2) is 24.3 Å². The second-order valence-corrected chi connectivity index (χ2v) is 4.42. The standard InChI is InChI=1S/C14H17NO6/c1-21-13(18)7-6-11(14(19)20)15-12(17)8-9-2-4-10(16)5-3-9/h2-5,11,16H,6-8H2,1H3,(H,15,17)(H,19,20)/t11-/m1/s1. The minimum Gasteiger partial charge on any atom is -0.508 e. The number of hydrogen-bond acceptors (Lipinski definition) is 5. The molecule has 0 aromatic heterocycles. The number of methoxy groups -OCH3 is 1. The number of rotatable bonds is 7. The van der Waals surface area contributed by atoms with E-state index in [0.29, 0.717) is 5.56 Å². The summed E-state index contributed by atoms with van der Waals surface area (Å²) < 4.78 is 4.42. The molecule has 114 valence electrons. The molecular weight excluding hydrogens is 278 g/mol. The number of aromatic hydroxyl groups is 1. The van der Waals surface area contributed by atoms with E-state index < -0.39 is 23.9 Å². The molecule has 0 bridgehead atoms. The number of benzene rings is 1. The highest BCUT2D eigenvalue weighted by Gasteiger charge is 2.21. The van der Waals surface area contributed by atoms with E-state index in [9.17, 15) is 14.4 Å². The smallest absolute Gasteiger partial charge is 0.326 e. The Kier molecular flexibility index (Phi) is 6.19. The summed E-state index contributed by atoms with van der Waals surface area (Å²) in [4.78, 5) is 33.8. The number of carboxylic acids is 1. The molecule has 21 heavy (non-hydrogen) atoms. The van der Waals surface area contributed by atoms with Crippen LogP contribution < -0.4 is 5.32 Å². The summed E-state index contributed by atoms with van der Waals surface area (Å²) in [6.07, 6.45) is -0.140. The van der Waals surface area contributed by atoms with Gasteiger partial charge in [0.15, 0.2) is 0 Å². The first-order valence-corrected chi connectivity index (χ1v) is 6.29. The fourth-order valence-electron chi connectivity index (χ4n) is 1.67. The summed E-state index contributed by atoms with van der Waals surface area (Å²) in [6, 6.07) is 4.87. The molecule has 0 aliphatic heterocycles. The monoisotopic (exact) mass is 295 g/mol. The molecule has 0 aliphatic rings. The summed E-state index contributed by atoms with van der Waals surface area (Å²) in [5.41, 5.74) is 0.641. The summed E-state index contributed by atoms with van der Waals surface area (Å²) in [5, 5.41) is 20.5. The summed E-state index contributed by atoms with van der Waals surface area (Å²) in [6.45, 7) is 0. The van der Waals surface area contributed by atoms with Crippen LogP contribution in [0.5, 0.6) is 5.75 Å². The second kappa shape index (κ2) is 7.88. The lowest BCUT2D eigenvalue weighted by Crippen LogP contribution is -2.41. The molecule has 0 aliphatic carbocycles. The third-order valence-corrected chi connectivity index (χ3v) is 2.80. The third kappa shape index (κ3) is 5.94. The van der Waals surface area contributed by atoms with Crippen molar-refractivity contribution in [2.75, 3.05) is 7.11 Å². The first-order valence-electron chi connectivity index (χ1n) is 6.29. The van der Waals surface area contributed by atoms with Gasteiger partial charge in [0.1, 0.15) is 11.8 Å². The fraction of sp³-hybridized carbons (Fsp3) is 0.357. The highest BCUT2D eigenvalue weighted by Crippen LogP contribution is 2.10. The van der Waals surface area contributed by atoms with Gasteiger partial charge in [-0.25, -0.2) is 4.79 Å². The van der Waals surface area contributed by atoms with E-state index >= 15 is 0 Å². The van der Waals surface area contributed by atoms with E-state index in [2.05, 4.69) is 10.1 Å². The predicted octanol–water partition coefficient (Wildman–Crippen LogP) is 0.457. The van der Waals surface area contributed by atoms with Crippen LogP contribution >= 0.6 is 0 Å². The average Bonchev–Trinajstić information content (AvgIpc) is 2.45. The van der Waals surface area contributed by atoms with Crippen LogP contribution in [0.3, 0.4) is 0 Å². The van der Waals surface area contributed by atoms with Crippen molar-refractivity contribution in [2.24, 2.45) is 0 Å². The van der Waals surface area contributed by atoms with Crippen LogP contribution in [-0.4, -0.2) is 41.2 Å². The lowest BCUT2D eigenvalue weighted by Gasteiger charge is -2.14. The Morgan fingerprint density at radius 1 is 1.24 bits per heavy atom. The highest BCUT2D eigenvalue weighted by molar-refractivity contribution is 5.85. The maximum absolute atomic E-state index is 11.8. The molecule has 1 amide bonds. The van der Waals surface area contributed by atoms with Gasteiger partial charge in [0.2, 0.25) is 5.91 Å². The van der Waals surface area contributed by atoms with Gasteiger partial charge in [0.05, 0.1) is 13.5 Å². The van der Waals surface area contributed by atoms with Crippen LogP contribution in [-0.2, 0) is 25.5 Å². The molecule has 1 aromatic rings. The van der Waals surface area contributed by atoms with E-state index in [1.807, 2.05) is 0 Å². The Morgan fingerprint density at radius 3 is 2.38 bits per heavy atom. The molecule has 0 saturated heterocycles. The van der Waals surface area contributed by atoms with Gasteiger partial charge in [-0.2, -0.15) is 0 Å². The SMILES string of the molecule is COC(=O)CC[C@@H](NC(=O)Cc1ccc(O)cc1)C(=O)O. The van der Waals surface area contributed by atoms with Gasteiger partial charge in [-0.05, 0) is 24.1 Å². The van der Waals surface area contributed by atoms with Gasteiger partial charge < -0.3 is 20.3 Å². The van der Waals surface area contributed by atoms with Crippen molar-refractivity contribution >= 4 is 17.8 Å². The van der Waals surface area contributed by atoms with E-state index in [4.69, 9.17) is 10.2 Å². The molecule has 0 heterocycles. The third-order valence-electron chi connectivity index (χ3n) is 2.80. The molecule has 7 nitrogen and oxygen atoms in total. The summed E-state index contributed by atoms with van der Waals surface area (Å²) in [5.74, 6) is -2.13. The van der Waals surface area contributed by atoms with E-state index in [1.165, 1.54) is 19.2 Å². The lowest BCUT2D eigenvalue weighted by molar-refractivity contribution is -0.144. The van der Waals surface area contributed by atoms with Crippen molar-refractivity contribution < 1.29 is 29.3 Å².